The topological polar surface area (TPSA) is 80.9 Å². The molecule has 0 saturated carbocycles. The summed E-state index contributed by atoms with van der Waals surface area (Å²) in [5.41, 5.74) is 0.595. The van der Waals surface area contributed by atoms with Gasteiger partial charge in [-0.15, -0.1) is 11.3 Å². The number of hydrogen-bond acceptors (Lipinski definition) is 6. The molecule has 0 aliphatic heterocycles. The summed E-state index contributed by atoms with van der Waals surface area (Å²) in [6, 6.07) is 7.33. The van der Waals surface area contributed by atoms with E-state index in [1.165, 1.54) is 18.3 Å². The minimum absolute atomic E-state index is 0.0667. The van der Waals surface area contributed by atoms with Crippen LogP contribution in [-0.4, -0.2) is 21.0 Å². The molecule has 1 N–H and O–H groups in total. The number of carbonyl (C=O) groups is 1. The molecule has 3 aromatic heterocycles. The predicted octanol–water partition coefficient (Wildman–Crippen LogP) is 3.15. The van der Waals surface area contributed by atoms with Gasteiger partial charge in [0.05, 0.1) is 17.0 Å². The number of thiophene rings is 1. The molecule has 3 rings (SSSR count). The summed E-state index contributed by atoms with van der Waals surface area (Å²) in [7, 11) is 0. The average Bonchev–Trinajstić information content (AvgIpc) is 3.14. The summed E-state index contributed by atoms with van der Waals surface area (Å²) in [4.78, 5) is 21.1. The van der Waals surface area contributed by atoms with Crippen molar-refractivity contribution in [2.75, 3.05) is 0 Å². The van der Waals surface area contributed by atoms with Crippen molar-refractivity contribution >= 4 is 28.8 Å². The molecule has 0 unspecified atom stereocenters. The Balaban J connectivity index is 1.82. The van der Waals surface area contributed by atoms with E-state index in [2.05, 4.69) is 20.4 Å². The lowest BCUT2D eigenvalue weighted by atomic mass is 10.3. The minimum Gasteiger partial charge on any atom is -0.351 e. The van der Waals surface area contributed by atoms with Crippen molar-refractivity contribution in [1.29, 1.82) is 0 Å². The van der Waals surface area contributed by atoms with Crippen molar-refractivity contribution in [2.45, 2.75) is 13.5 Å². The van der Waals surface area contributed by atoms with Gasteiger partial charge < -0.3 is 9.84 Å². The molecule has 0 aliphatic rings. The van der Waals surface area contributed by atoms with Crippen LogP contribution in [0.1, 0.15) is 11.8 Å². The first-order valence-electron chi connectivity index (χ1n) is 6.41. The molecule has 0 bridgehead atoms. The average molecular weight is 335 g/mol. The molecule has 0 spiro atoms. The highest BCUT2D eigenvalue weighted by Gasteiger charge is 2.15. The Morgan fingerprint density at radius 3 is 3.05 bits per heavy atom. The first kappa shape index (κ1) is 14.7. The molecule has 0 aromatic carbocycles. The third kappa shape index (κ3) is 3.15. The Hall–Kier alpha value is -2.25. The molecular weight excluding hydrogens is 324 g/mol. The SMILES string of the molecule is CC(=O)NCc1ccc(-c2noc(-c3cccnc3Cl)n2)s1. The molecule has 6 nitrogen and oxygen atoms in total. The summed E-state index contributed by atoms with van der Waals surface area (Å²) in [5, 5.41) is 7.02. The van der Waals surface area contributed by atoms with Gasteiger partial charge in [-0.3, -0.25) is 4.79 Å². The smallest absolute Gasteiger partial charge is 0.261 e. The second-order valence-electron chi connectivity index (χ2n) is 4.44. The maximum Gasteiger partial charge on any atom is 0.261 e. The van der Waals surface area contributed by atoms with Crippen LogP contribution in [0.4, 0.5) is 0 Å². The maximum absolute atomic E-state index is 10.9. The summed E-state index contributed by atoms with van der Waals surface area (Å²) in [6.45, 7) is 1.97. The molecule has 0 radical (unpaired) electrons. The monoisotopic (exact) mass is 334 g/mol. The van der Waals surface area contributed by atoms with E-state index in [0.717, 1.165) is 9.75 Å². The molecule has 0 aliphatic carbocycles. The zero-order valence-electron chi connectivity index (χ0n) is 11.5. The number of pyridine rings is 1. The number of hydrogen-bond donors (Lipinski definition) is 1. The number of nitrogens with zero attached hydrogens (tertiary/aromatic N) is 3. The van der Waals surface area contributed by atoms with Gasteiger partial charge in [0.15, 0.2) is 0 Å². The normalized spacial score (nSPS) is 10.6. The molecule has 1 amide bonds. The standard InChI is InChI=1S/C14H11ClN4O2S/c1-8(20)17-7-9-4-5-11(22-9)13-18-14(21-19-13)10-3-2-6-16-12(10)15/h2-6H,7H2,1H3,(H,17,20). The van der Waals surface area contributed by atoms with Crippen LogP contribution in [0.15, 0.2) is 35.0 Å². The van der Waals surface area contributed by atoms with Crippen molar-refractivity contribution in [2.24, 2.45) is 0 Å². The lowest BCUT2D eigenvalue weighted by Gasteiger charge is -1.96. The van der Waals surface area contributed by atoms with Crippen LogP contribution in [0.5, 0.6) is 0 Å². The summed E-state index contributed by atoms with van der Waals surface area (Å²) < 4.78 is 5.24. The second-order valence-corrected chi connectivity index (χ2v) is 5.97. The van der Waals surface area contributed by atoms with Crippen LogP contribution in [0, 0.1) is 0 Å². The number of nitrogens with one attached hydrogen (secondary N) is 1. The van der Waals surface area contributed by atoms with Crippen LogP contribution in [0.2, 0.25) is 5.15 Å². The molecule has 0 saturated heterocycles. The first-order chi connectivity index (χ1) is 10.6. The molecule has 0 atom stereocenters. The van der Waals surface area contributed by atoms with Gasteiger partial charge in [0.25, 0.3) is 5.89 Å². The van der Waals surface area contributed by atoms with Gasteiger partial charge in [-0.25, -0.2) is 4.98 Å². The Labute approximate surface area is 135 Å². The predicted molar refractivity (Wildman–Crippen MR) is 83.4 cm³/mol. The molecule has 3 heterocycles. The Bertz CT molecular complexity index is 815. The molecule has 112 valence electrons. The van der Waals surface area contributed by atoms with Crippen LogP contribution < -0.4 is 5.32 Å². The number of carbonyl (C=O) groups excluding carboxylic acids is 1. The summed E-state index contributed by atoms with van der Waals surface area (Å²) in [6.07, 6.45) is 1.59. The van der Waals surface area contributed by atoms with Crippen LogP contribution in [0.3, 0.4) is 0 Å². The molecule has 22 heavy (non-hydrogen) atoms. The number of rotatable bonds is 4. The van der Waals surface area contributed by atoms with Gasteiger partial charge in [0.2, 0.25) is 11.7 Å². The number of amides is 1. The van der Waals surface area contributed by atoms with Gasteiger partial charge in [-0.2, -0.15) is 4.98 Å². The third-order valence-electron chi connectivity index (χ3n) is 2.81. The molecular formula is C14H11ClN4O2S. The summed E-state index contributed by atoms with van der Waals surface area (Å²) in [5.74, 6) is 0.738. The van der Waals surface area contributed by atoms with E-state index in [1.54, 1.807) is 18.3 Å². The zero-order valence-corrected chi connectivity index (χ0v) is 13.1. The van der Waals surface area contributed by atoms with Gasteiger partial charge in [0.1, 0.15) is 5.15 Å². The van der Waals surface area contributed by atoms with Crippen molar-refractivity contribution in [3.63, 3.8) is 0 Å². The van der Waals surface area contributed by atoms with Gasteiger partial charge in [-0.1, -0.05) is 16.8 Å². The number of aromatic nitrogens is 3. The van der Waals surface area contributed by atoms with Crippen LogP contribution in [0.25, 0.3) is 22.2 Å². The lowest BCUT2D eigenvalue weighted by molar-refractivity contribution is -0.119. The van der Waals surface area contributed by atoms with Crippen LogP contribution >= 0.6 is 22.9 Å². The highest BCUT2D eigenvalue weighted by atomic mass is 35.5. The Morgan fingerprint density at radius 2 is 2.27 bits per heavy atom. The van der Waals surface area contributed by atoms with Crippen molar-refractivity contribution < 1.29 is 9.32 Å². The van der Waals surface area contributed by atoms with Crippen molar-refractivity contribution in [3.05, 3.63) is 40.5 Å². The van der Waals surface area contributed by atoms with E-state index in [-0.39, 0.29) is 5.91 Å². The highest BCUT2D eigenvalue weighted by Crippen LogP contribution is 2.29. The van der Waals surface area contributed by atoms with Gasteiger partial charge in [0, 0.05) is 18.0 Å². The van der Waals surface area contributed by atoms with Crippen LogP contribution in [-0.2, 0) is 11.3 Å². The molecule has 0 fully saturated rings. The zero-order chi connectivity index (χ0) is 15.5. The van der Waals surface area contributed by atoms with E-state index in [4.69, 9.17) is 16.1 Å². The Kier molecular flexibility index (Phi) is 4.17. The van der Waals surface area contributed by atoms with E-state index >= 15 is 0 Å². The quantitative estimate of drug-likeness (QED) is 0.741. The summed E-state index contributed by atoms with van der Waals surface area (Å²) >= 11 is 7.50. The first-order valence-corrected chi connectivity index (χ1v) is 7.61. The van der Waals surface area contributed by atoms with E-state index in [9.17, 15) is 4.79 Å². The van der Waals surface area contributed by atoms with Gasteiger partial charge >= 0.3 is 0 Å². The van der Waals surface area contributed by atoms with Gasteiger partial charge in [-0.05, 0) is 24.3 Å². The fourth-order valence-corrected chi connectivity index (χ4v) is 2.86. The maximum atomic E-state index is 10.9. The fourth-order valence-electron chi connectivity index (χ4n) is 1.78. The van der Waals surface area contributed by atoms with E-state index in [1.807, 2.05) is 12.1 Å². The largest absolute Gasteiger partial charge is 0.351 e. The van der Waals surface area contributed by atoms with Crippen molar-refractivity contribution in [1.82, 2.24) is 20.4 Å². The Morgan fingerprint density at radius 1 is 1.41 bits per heavy atom. The molecule has 8 heteroatoms. The van der Waals surface area contributed by atoms with E-state index < -0.39 is 0 Å². The van der Waals surface area contributed by atoms with Crippen molar-refractivity contribution in [3.8, 4) is 22.2 Å². The fraction of sp³-hybridized carbons (Fsp3) is 0.143. The molecule has 3 aromatic rings. The minimum atomic E-state index is -0.0667. The second kappa shape index (κ2) is 6.25. The highest BCUT2D eigenvalue weighted by molar-refractivity contribution is 7.15. The lowest BCUT2D eigenvalue weighted by Crippen LogP contribution is -2.17. The third-order valence-corrected chi connectivity index (χ3v) is 4.19. The van der Waals surface area contributed by atoms with E-state index in [0.29, 0.717) is 29.0 Å². The number of halogens is 1.